The SMILES string of the molecule is COc1ccc(-n2nc(Oc3ccccc3CC=O)nc2-c2ccc(O)cc2)cc1. The molecule has 1 aromatic heterocycles. The molecule has 0 aliphatic heterocycles. The van der Waals surface area contributed by atoms with Crippen LogP contribution in [0.4, 0.5) is 0 Å². The fourth-order valence-corrected chi connectivity index (χ4v) is 3.00. The maximum Gasteiger partial charge on any atom is 0.341 e. The van der Waals surface area contributed by atoms with Gasteiger partial charge in [-0.25, -0.2) is 4.68 Å². The average Bonchev–Trinajstić information content (AvgIpc) is 3.19. The van der Waals surface area contributed by atoms with Crippen LogP contribution in [0.25, 0.3) is 17.1 Å². The van der Waals surface area contributed by atoms with Crippen molar-refractivity contribution in [2.75, 3.05) is 7.11 Å². The highest BCUT2D eigenvalue weighted by Gasteiger charge is 2.16. The maximum atomic E-state index is 11.0. The third kappa shape index (κ3) is 4.00. The van der Waals surface area contributed by atoms with Crippen molar-refractivity contribution < 1.29 is 19.4 Å². The third-order valence-electron chi connectivity index (χ3n) is 4.51. The molecule has 0 spiro atoms. The van der Waals surface area contributed by atoms with Gasteiger partial charge in [-0.15, -0.1) is 5.10 Å². The van der Waals surface area contributed by atoms with Crippen LogP contribution in [0.5, 0.6) is 23.3 Å². The Hall–Kier alpha value is -4.13. The molecule has 0 aliphatic carbocycles. The predicted molar refractivity (Wildman–Crippen MR) is 111 cm³/mol. The minimum absolute atomic E-state index is 0.146. The smallest absolute Gasteiger partial charge is 0.341 e. The molecular formula is C23H19N3O4. The molecule has 150 valence electrons. The van der Waals surface area contributed by atoms with Gasteiger partial charge in [0.05, 0.1) is 12.8 Å². The van der Waals surface area contributed by atoms with E-state index in [1.165, 1.54) is 0 Å². The van der Waals surface area contributed by atoms with Crippen LogP contribution in [-0.4, -0.2) is 33.3 Å². The number of hydrogen-bond acceptors (Lipinski definition) is 6. The number of phenolic OH excluding ortho intramolecular Hbond substituents is 1. The van der Waals surface area contributed by atoms with E-state index in [0.717, 1.165) is 28.8 Å². The lowest BCUT2D eigenvalue weighted by molar-refractivity contribution is -0.107. The van der Waals surface area contributed by atoms with Gasteiger partial charge >= 0.3 is 6.01 Å². The molecular weight excluding hydrogens is 382 g/mol. The molecule has 4 aromatic rings. The summed E-state index contributed by atoms with van der Waals surface area (Å²) in [5.74, 6) is 1.95. The molecule has 0 radical (unpaired) electrons. The second-order valence-electron chi connectivity index (χ2n) is 6.46. The van der Waals surface area contributed by atoms with E-state index in [2.05, 4.69) is 10.1 Å². The Kier molecular flexibility index (Phi) is 5.43. The second kappa shape index (κ2) is 8.48. The molecule has 0 unspecified atom stereocenters. The lowest BCUT2D eigenvalue weighted by Crippen LogP contribution is -2.00. The van der Waals surface area contributed by atoms with Gasteiger partial charge in [-0.1, -0.05) is 18.2 Å². The molecule has 0 fully saturated rings. The number of para-hydroxylation sites is 1. The first-order chi connectivity index (χ1) is 14.7. The lowest BCUT2D eigenvalue weighted by atomic mass is 10.1. The summed E-state index contributed by atoms with van der Waals surface area (Å²) in [6.45, 7) is 0. The molecule has 4 rings (SSSR count). The van der Waals surface area contributed by atoms with E-state index in [0.29, 0.717) is 11.6 Å². The molecule has 1 heterocycles. The van der Waals surface area contributed by atoms with Crippen molar-refractivity contribution in [3.05, 3.63) is 78.4 Å². The molecule has 7 heteroatoms. The summed E-state index contributed by atoms with van der Waals surface area (Å²) in [6.07, 6.45) is 1.06. The Morgan fingerprint density at radius 3 is 2.43 bits per heavy atom. The Balaban J connectivity index is 1.77. The van der Waals surface area contributed by atoms with Crippen molar-refractivity contribution in [3.8, 4) is 40.3 Å². The van der Waals surface area contributed by atoms with E-state index in [1.54, 1.807) is 42.1 Å². The van der Waals surface area contributed by atoms with E-state index in [1.807, 2.05) is 42.5 Å². The summed E-state index contributed by atoms with van der Waals surface area (Å²) in [7, 11) is 1.61. The van der Waals surface area contributed by atoms with Crippen LogP contribution < -0.4 is 9.47 Å². The summed E-state index contributed by atoms with van der Waals surface area (Å²) in [5.41, 5.74) is 2.27. The summed E-state index contributed by atoms with van der Waals surface area (Å²) in [4.78, 5) is 15.5. The number of phenols is 1. The number of aromatic hydroxyl groups is 1. The molecule has 0 saturated carbocycles. The number of aromatic nitrogens is 3. The molecule has 0 aliphatic rings. The predicted octanol–water partition coefficient (Wildman–Crippen LogP) is 4.18. The zero-order valence-corrected chi connectivity index (χ0v) is 16.2. The van der Waals surface area contributed by atoms with E-state index in [-0.39, 0.29) is 18.2 Å². The fourth-order valence-electron chi connectivity index (χ4n) is 3.00. The van der Waals surface area contributed by atoms with Crippen molar-refractivity contribution in [1.82, 2.24) is 14.8 Å². The highest BCUT2D eigenvalue weighted by Crippen LogP contribution is 2.29. The van der Waals surface area contributed by atoms with Gasteiger partial charge in [-0.3, -0.25) is 0 Å². The van der Waals surface area contributed by atoms with E-state index in [9.17, 15) is 9.90 Å². The minimum Gasteiger partial charge on any atom is -0.508 e. The Morgan fingerprint density at radius 1 is 1.00 bits per heavy atom. The van der Waals surface area contributed by atoms with E-state index >= 15 is 0 Å². The molecule has 0 amide bonds. The van der Waals surface area contributed by atoms with Gasteiger partial charge in [-0.2, -0.15) is 4.98 Å². The van der Waals surface area contributed by atoms with Crippen LogP contribution in [0.1, 0.15) is 5.56 Å². The first-order valence-electron chi connectivity index (χ1n) is 9.28. The molecule has 7 nitrogen and oxygen atoms in total. The number of aldehydes is 1. The standard InChI is InChI=1S/C23H19N3O4/c1-29-20-12-8-18(9-13-20)26-22(17-6-10-19(28)11-7-17)24-23(25-26)30-21-5-3-2-4-16(21)14-15-27/h2-13,15,28H,14H2,1H3. The first kappa shape index (κ1) is 19.2. The summed E-state index contributed by atoms with van der Waals surface area (Å²) < 4.78 is 12.8. The minimum atomic E-state index is 0.146. The topological polar surface area (TPSA) is 86.5 Å². The van der Waals surface area contributed by atoms with Gasteiger partial charge in [0.15, 0.2) is 5.82 Å². The van der Waals surface area contributed by atoms with Crippen molar-refractivity contribution in [2.45, 2.75) is 6.42 Å². The van der Waals surface area contributed by atoms with Gasteiger partial charge in [-0.05, 0) is 54.6 Å². The van der Waals surface area contributed by atoms with Crippen LogP contribution in [0.3, 0.4) is 0 Å². The van der Waals surface area contributed by atoms with Crippen LogP contribution in [0, 0.1) is 0 Å². The molecule has 30 heavy (non-hydrogen) atoms. The van der Waals surface area contributed by atoms with Crippen LogP contribution in [0.2, 0.25) is 0 Å². The molecule has 0 bridgehead atoms. The Morgan fingerprint density at radius 2 is 1.73 bits per heavy atom. The zero-order chi connectivity index (χ0) is 20.9. The van der Waals surface area contributed by atoms with Gasteiger partial charge < -0.3 is 19.4 Å². The molecule has 0 atom stereocenters. The van der Waals surface area contributed by atoms with Crippen molar-refractivity contribution in [3.63, 3.8) is 0 Å². The van der Waals surface area contributed by atoms with Crippen molar-refractivity contribution >= 4 is 6.29 Å². The van der Waals surface area contributed by atoms with Gasteiger partial charge in [0.2, 0.25) is 0 Å². The number of nitrogens with zero attached hydrogens (tertiary/aromatic N) is 3. The number of benzene rings is 3. The van der Waals surface area contributed by atoms with E-state index < -0.39 is 0 Å². The quantitative estimate of drug-likeness (QED) is 0.468. The number of methoxy groups -OCH3 is 1. The zero-order valence-electron chi connectivity index (χ0n) is 16.2. The van der Waals surface area contributed by atoms with Crippen molar-refractivity contribution in [1.29, 1.82) is 0 Å². The van der Waals surface area contributed by atoms with Crippen LogP contribution in [0.15, 0.2) is 72.8 Å². The van der Waals surface area contributed by atoms with Crippen molar-refractivity contribution in [2.24, 2.45) is 0 Å². The van der Waals surface area contributed by atoms with Crippen LogP contribution >= 0.6 is 0 Å². The highest BCUT2D eigenvalue weighted by atomic mass is 16.5. The van der Waals surface area contributed by atoms with Gasteiger partial charge in [0.1, 0.15) is 23.5 Å². The van der Waals surface area contributed by atoms with Crippen LogP contribution in [-0.2, 0) is 11.2 Å². The second-order valence-corrected chi connectivity index (χ2v) is 6.46. The highest BCUT2D eigenvalue weighted by molar-refractivity contribution is 5.60. The third-order valence-corrected chi connectivity index (χ3v) is 4.51. The lowest BCUT2D eigenvalue weighted by Gasteiger charge is -2.07. The Bertz CT molecular complexity index is 1150. The summed E-state index contributed by atoms with van der Waals surface area (Å²) in [6, 6.07) is 21.5. The number of ether oxygens (including phenoxy) is 2. The number of hydrogen-bond donors (Lipinski definition) is 1. The summed E-state index contributed by atoms with van der Waals surface area (Å²) >= 11 is 0. The molecule has 0 saturated heterocycles. The average molecular weight is 401 g/mol. The monoisotopic (exact) mass is 401 g/mol. The Labute approximate surface area is 173 Å². The van der Waals surface area contributed by atoms with Gasteiger partial charge in [0.25, 0.3) is 0 Å². The number of carbonyl (C=O) groups excluding carboxylic acids is 1. The molecule has 3 aromatic carbocycles. The number of rotatable bonds is 7. The summed E-state index contributed by atoms with van der Waals surface area (Å²) in [5, 5.41) is 14.1. The van der Waals surface area contributed by atoms with E-state index in [4.69, 9.17) is 9.47 Å². The fraction of sp³-hybridized carbons (Fsp3) is 0.0870. The maximum absolute atomic E-state index is 11.0. The largest absolute Gasteiger partial charge is 0.508 e. The van der Waals surface area contributed by atoms with Gasteiger partial charge in [0, 0.05) is 17.5 Å². The number of carbonyl (C=O) groups is 1. The normalized spacial score (nSPS) is 10.6. The molecule has 1 N–H and O–H groups in total. The first-order valence-corrected chi connectivity index (χ1v) is 9.28.